The van der Waals surface area contributed by atoms with E-state index in [-0.39, 0.29) is 22.3 Å². The van der Waals surface area contributed by atoms with Crippen molar-refractivity contribution < 1.29 is 27.7 Å². The lowest BCUT2D eigenvalue weighted by Crippen LogP contribution is -2.47. The molecule has 0 bridgehead atoms. The summed E-state index contributed by atoms with van der Waals surface area (Å²) in [5.41, 5.74) is 5.85. The minimum atomic E-state index is -4.35. The van der Waals surface area contributed by atoms with E-state index in [1.165, 1.54) is 12.1 Å². The highest BCUT2D eigenvalue weighted by Crippen LogP contribution is 2.54. The maximum atomic E-state index is 12.4. The van der Waals surface area contributed by atoms with Crippen molar-refractivity contribution in [3.8, 4) is 0 Å². The zero-order valence-corrected chi connectivity index (χ0v) is 21.0. The molecule has 6 rings (SSSR count). The van der Waals surface area contributed by atoms with E-state index in [2.05, 4.69) is 15.9 Å². The maximum Gasteiger partial charge on any atom is 0.335 e. The summed E-state index contributed by atoms with van der Waals surface area (Å²) in [6.07, 6.45) is 7.75. The second-order valence-electron chi connectivity index (χ2n) is 10.1. The van der Waals surface area contributed by atoms with Crippen LogP contribution in [0.1, 0.15) is 36.2 Å². The van der Waals surface area contributed by atoms with E-state index >= 15 is 0 Å². The van der Waals surface area contributed by atoms with Gasteiger partial charge in [0, 0.05) is 35.1 Å². The number of carboxylic acids is 1. The van der Waals surface area contributed by atoms with Crippen molar-refractivity contribution in [3.05, 3.63) is 100 Å². The van der Waals surface area contributed by atoms with Gasteiger partial charge in [-0.15, -0.1) is 0 Å². The predicted molar refractivity (Wildman–Crippen MR) is 138 cm³/mol. The molecule has 9 heteroatoms. The molecule has 0 spiro atoms. The Morgan fingerprint density at radius 3 is 2.46 bits per heavy atom. The van der Waals surface area contributed by atoms with Crippen LogP contribution in [0, 0.1) is 0 Å². The number of ketones is 1. The summed E-state index contributed by atoms with van der Waals surface area (Å²) in [7, 11) is -4.35. The van der Waals surface area contributed by atoms with Gasteiger partial charge in [0.25, 0.3) is 10.1 Å². The number of anilines is 2. The summed E-state index contributed by atoms with van der Waals surface area (Å²) in [5, 5.41) is 9.36. The summed E-state index contributed by atoms with van der Waals surface area (Å²) in [5.74, 6) is -1.12. The number of hydrogen-bond donors (Lipinski definition) is 2. The van der Waals surface area contributed by atoms with Crippen LogP contribution in [0.3, 0.4) is 0 Å². The first-order valence-electron chi connectivity index (χ1n) is 11.9. The van der Waals surface area contributed by atoms with Gasteiger partial charge in [0.2, 0.25) is 0 Å². The Bertz CT molecular complexity index is 1630. The molecule has 1 atom stereocenters. The van der Waals surface area contributed by atoms with E-state index < -0.39 is 21.5 Å². The van der Waals surface area contributed by atoms with Crippen LogP contribution in [0.5, 0.6) is 0 Å². The topological polar surface area (TPSA) is 115 Å². The van der Waals surface area contributed by atoms with E-state index in [1.807, 2.05) is 13.8 Å². The highest BCUT2D eigenvalue weighted by Gasteiger charge is 2.48. The van der Waals surface area contributed by atoms with Gasteiger partial charge < -0.3 is 14.9 Å². The maximum absolute atomic E-state index is 12.4. The zero-order chi connectivity index (χ0) is 26.3. The average molecular weight is 517 g/mol. The average Bonchev–Trinajstić information content (AvgIpc) is 3.09. The molecule has 0 saturated heterocycles. The molecule has 37 heavy (non-hydrogen) atoms. The van der Waals surface area contributed by atoms with Gasteiger partial charge in [0.15, 0.2) is 5.78 Å². The Labute approximate surface area is 214 Å². The molecule has 188 valence electrons. The molecule has 0 aromatic heterocycles. The van der Waals surface area contributed by atoms with Gasteiger partial charge in [-0.3, -0.25) is 9.35 Å². The van der Waals surface area contributed by atoms with Crippen LogP contribution in [-0.4, -0.2) is 42.4 Å². The summed E-state index contributed by atoms with van der Waals surface area (Å²) >= 11 is 0. The number of benzene rings is 2. The third-order valence-corrected chi connectivity index (χ3v) is 8.48. The molecule has 3 aliphatic heterocycles. The summed E-state index contributed by atoms with van der Waals surface area (Å²) < 4.78 is 33.4. The number of hydrogen-bond acceptors (Lipinski definition) is 6. The van der Waals surface area contributed by atoms with Crippen molar-refractivity contribution in [2.45, 2.75) is 36.6 Å². The lowest BCUT2D eigenvalue weighted by molar-refractivity contribution is -0.110. The first-order chi connectivity index (χ1) is 17.5. The molecule has 3 heterocycles. The zero-order valence-electron chi connectivity index (χ0n) is 20.2. The lowest BCUT2D eigenvalue weighted by atomic mass is 9.77. The third kappa shape index (κ3) is 3.49. The van der Waals surface area contributed by atoms with Gasteiger partial charge >= 0.3 is 5.97 Å². The molecule has 1 aliphatic carbocycles. The van der Waals surface area contributed by atoms with E-state index in [0.29, 0.717) is 13.0 Å². The molecule has 0 fully saturated rings. The number of nitrogens with zero attached hydrogens (tertiary/aromatic N) is 2. The number of carbonyl (C=O) groups excluding carboxylic acids is 1. The highest BCUT2D eigenvalue weighted by atomic mass is 32.2. The Balaban J connectivity index is 1.56. The van der Waals surface area contributed by atoms with Crippen LogP contribution < -0.4 is 9.80 Å². The van der Waals surface area contributed by atoms with Crippen LogP contribution in [0.4, 0.5) is 11.4 Å². The fraction of sp³-hybridized carbons (Fsp3) is 0.214. The molecule has 4 aliphatic rings. The van der Waals surface area contributed by atoms with Crippen LogP contribution in [0.2, 0.25) is 0 Å². The van der Waals surface area contributed by atoms with Gasteiger partial charge in [0.1, 0.15) is 0 Å². The van der Waals surface area contributed by atoms with Crippen LogP contribution in [-0.2, 0) is 20.3 Å². The molecule has 2 aromatic carbocycles. The van der Waals surface area contributed by atoms with E-state index in [0.717, 1.165) is 39.5 Å². The van der Waals surface area contributed by atoms with E-state index in [9.17, 15) is 27.7 Å². The normalized spacial score (nSPS) is 21.6. The smallest absolute Gasteiger partial charge is 0.335 e. The molecule has 0 saturated carbocycles. The number of carbonyl (C=O) groups is 2. The lowest BCUT2D eigenvalue weighted by Gasteiger charge is -2.47. The SMILES string of the molecule is CC1(C)C2=C3C=C4C=CC(=O)C=C4N(c4ccc(C(=O)O)cc4)C3CCN2c2ccc(S(=O)(=O)O)cc21. The number of rotatable bonds is 3. The van der Waals surface area contributed by atoms with Gasteiger partial charge in [-0.1, -0.05) is 13.8 Å². The second kappa shape index (κ2) is 7.77. The Hall–Kier alpha value is -3.95. The van der Waals surface area contributed by atoms with Crippen molar-refractivity contribution in [1.82, 2.24) is 0 Å². The largest absolute Gasteiger partial charge is 0.478 e. The minimum absolute atomic E-state index is 0.112. The number of allylic oxidation sites excluding steroid dienone is 4. The fourth-order valence-corrected chi connectivity index (χ4v) is 6.52. The summed E-state index contributed by atoms with van der Waals surface area (Å²) in [6.45, 7) is 4.75. The molecule has 0 radical (unpaired) electrons. The first-order valence-corrected chi connectivity index (χ1v) is 13.3. The van der Waals surface area contributed by atoms with Crippen molar-refractivity contribution in [2.75, 3.05) is 16.3 Å². The van der Waals surface area contributed by atoms with Crippen LogP contribution >= 0.6 is 0 Å². The van der Waals surface area contributed by atoms with Crippen molar-refractivity contribution in [1.29, 1.82) is 0 Å². The Kier molecular flexibility index (Phi) is 4.93. The number of aromatic carboxylic acids is 1. The van der Waals surface area contributed by atoms with Crippen LogP contribution in [0.25, 0.3) is 0 Å². The summed E-state index contributed by atoms with van der Waals surface area (Å²) in [6, 6.07) is 11.2. The summed E-state index contributed by atoms with van der Waals surface area (Å²) in [4.78, 5) is 28.0. The molecule has 1 unspecified atom stereocenters. The minimum Gasteiger partial charge on any atom is -0.478 e. The van der Waals surface area contributed by atoms with Gasteiger partial charge in [-0.25, -0.2) is 4.79 Å². The van der Waals surface area contributed by atoms with Crippen molar-refractivity contribution in [3.63, 3.8) is 0 Å². The van der Waals surface area contributed by atoms with Crippen LogP contribution in [0.15, 0.2) is 94.2 Å². The fourth-order valence-electron chi connectivity index (χ4n) is 6.02. The Morgan fingerprint density at radius 1 is 1.05 bits per heavy atom. The molecular formula is C28H24N2O6S. The molecular weight excluding hydrogens is 492 g/mol. The molecule has 2 N–H and O–H groups in total. The highest BCUT2D eigenvalue weighted by molar-refractivity contribution is 7.85. The molecule has 2 aromatic rings. The monoisotopic (exact) mass is 516 g/mol. The molecule has 0 amide bonds. The van der Waals surface area contributed by atoms with Gasteiger partial charge in [-0.05, 0) is 83.8 Å². The van der Waals surface area contributed by atoms with Gasteiger partial charge in [0.05, 0.1) is 22.2 Å². The quantitative estimate of drug-likeness (QED) is 0.583. The second-order valence-corrected chi connectivity index (χ2v) is 11.5. The predicted octanol–water partition coefficient (Wildman–Crippen LogP) is 4.22. The molecule has 8 nitrogen and oxygen atoms in total. The van der Waals surface area contributed by atoms with E-state index in [1.54, 1.807) is 48.6 Å². The van der Waals surface area contributed by atoms with E-state index in [4.69, 9.17) is 0 Å². The standard InChI is InChI=1S/C28H24N2O6S/c1-28(2)22-15-20(37(34,35)36)9-10-24(22)29-12-11-23-21(26(28)29)13-17-5-8-19(31)14-25(17)30(23)18-6-3-16(4-7-18)27(32)33/h3-10,13-15,23H,11-12H2,1-2H3,(H,32,33)(H,34,35,36). The first kappa shape index (κ1) is 23.4. The number of carboxylic acid groups (broad SMARTS) is 1. The van der Waals surface area contributed by atoms with Gasteiger partial charge in [-0.2, -0.15) is 8.42 Å². The van der Waals surface area contributed by atoms with Crippen molar-refractivity contribution in [2.24, 2.45) is 0 Å². The Morgan fingerprint density at radius 2 is 1.78 bits per heavy atom. The van der Waals surface area contributed by atoms with Crippen molar-refractivity contribution >= 4 is 33.2 Å². The third-order valence-electron chi connectivity index (χ3n) is 7.63. The number of fused-ring (bicyclic) bond motifs is 5.